The van der Waals surface area contributed by atoms with Crippen LogP contribution in [0.5, 0.6) is 0 Å². The first-order chi connectivity index (χ1) is 10.5. The van der Waals surface area contributed by atoms with E-state index < -0.39 is 11.2 Å². The van der Waals surface area contributed by atoms with Crippen molar-refractivity contribution in [1.29, 1.82) is 5.26 Å². The van der Waals surface area contributed by atoms with Crippen LogP contribution in [0, 0.1) is 11.3 Å². The van der Waals surface area contributed by atoms with E-state index in [0.717, 1.165) is 30.5 Å². The van der Waals surface area contributed by atoms with Gasteiger partial charge < -0.3 is 5.32 Å². The molecule has 22 heavy (non-hydrogen) atoms. The van der Waals surface area contributed by atoms with E-state index in [9.17, 15) is 14.9 Å². The number of rotatable bonds is 2. The van der Waals surface area contributed by atoms with Crippen molar-refractivity contribution in [2.45, 2.75) is 37.8 Å². The van der Waals surface area contributed by atoms with Gasteiger partial charge in [0.25, 0.3) is 5.56 Å². The second kappa shape index (κ2) is 5.61. The highest BCUT2D eigenvalue weighted by atomic mass is 16.2. The lowest BCUT2D eigenvalue weighted by molar-refractivity contribution is 0.192. The summed E-state index contributed by atoms with van der Waals surface area (Å²) in [7, 11) is 2.99. The van der Waals surface area contributed by atoms with E-state index in [0.29, 0.717) is 11.9 Å². The molecule has 2 saturated heterocycles. The second-order valence-corrected chi connectivity index (χ2v) is 6.18. The lowest BCUT2D eigenvalue weighted by atomic mass is 9.99. The minimum atomic E-state index is -0.536. The van der Waals surface area contributed by atoms with E-state index in [1.807, 2.05) is 6.07 Å². The van der Waals surface area contributed by atoms with Gasteiger partial charge in [0.2, 0.25) is 0 Å². The summed E-state index contributed by atoms with van der Waals surface area (Å²) >= 11 is 0. The number of fused-ring (bicyclic) bond motifs is 1. The Labute approximate surface area is 128 Å². The molecule has 2 atom stereocenters. The Bertz CT molecular complexity index is 742. The zero-order valence-corrected chi connectivity index (χ0v) is 13.0. The molecule has 3 rings (SSSR count). The summed E-state index contributed by atoms with van der Waals surface area (Å²) in [6.45, 7) is 2.15. The smallest absolute Gasteiger partial charge is 0.332 e. The van der Waals surface area contributed by atoms with Crippen molar-refractivity contribution in [3.05, 3.63) is 26.4 Å². The summed E-state index contributed by atoms with van der Waals surface area (Å²) in [5.41, 5.74) is -0.935. The van der Waals surface area contributed by atoms with Crippen LogP contribution in [0.2, 0.25) is 0 Å². The van der Waals surface area contributed by atoms with Gasteiger partial charge in [-0.05, 0) is 25.8 Å². The lowest BCUT2D eigenvalue weighted by Gasteiger charge is -2.33. The van der Waals surface area contributed by atoms with Gasteiger partial charge in [-0.25, -0.2) is 4.79 Å². The van der Waals surface area contributed by atoms with E-state index in [2.05, 4.69) is 10.2 Å². The van der Waals surface area contributed by atoms with Gasteiger partial charge in [-0.2, -0.15) is 5.26 Å². The van der Waals surface area contributed by atoms with E-state index in [4.69, 9.17) is 0 Å². The van der Waals surface area contributed by atoms with Gasteiger partial charge in [-0.3, -0.25) is 18.8 Å². The summed E-state index contributed by atoms with van der Waals surface area (Å²) in [5.74, 6) is 0.355. The molecule has 0 aliphatic carbocycles. The average molecular weight is 303 g/mol. The van der Waals surface area contributed by atoms with Crippen LogP contribution in [0.3, 0.4) is 0 Å². The number of piperidine rings is 1. The molecule has 0 bridgehead atoms. The van der Waals surface area contributed by atoms with Crippen molar-refractivity contribution in [2.75, 3.05) is 18.4 Å². The molecule has 2 unspecified atom stereocenters. The maximum atomic E-state index is 12.1. The van der Waals surface area contributed by atoms with Crippen molar-refractivity contribution in [3.8, 4) is 6.07 Å². The van der Waals surface area contributed by atoms with Crippen LogP contribution in [0.25, 0.3) is 0 Å². The van der Waals surface area contributed by atoms with Gasteiger partial charge in [0.1, 0.15) is 11.9 Å². The highest BCUT2D eigenvalue weighted by Gasteiger charge is 2.36. The molecule has 7 nitrogen and oxygen atoms in total. The minimum Gasteiger partial charge on any atom is -0.366 e. The minimum absolute atomic E-state index is 0.0128. The normalized spacial score (nSPS) is 24.8. The van der Waals surface area contributed by atoms with Crippen LogP contribution in [-0.4, -0.2) is 39.2 Å². The molecule has 2 aliphatic heterocycles. The number of hydrogen-bond acceptors (Lipinski definition) is 5. The lowest BCUT2D eigenvalue weighted by Crippen LogP contribution is -2.44. The molecule has 0 radical (unpaired) electrons. The Balaban J connectivity index is 1.98. The van der Waals surface area contributed by atoms with Gasteiger partial charge >= 0.3 is 5.69 Å². The fraction of sp³-hybridized carbons (Fsp3) is 0.667. The number of aromatic nitrogens is 2. The predicted octanol–water partition coefficient (Wildman–Crippen LogP) is -0.00562. The van der Waals surface area contributed by atoms with E-state index in [1.165, 1.54) is 24.5 Å². The zero-order chi connectivity index (χ0) is 15.9. The molecule has 0 aromatic carbocycles. The van der Waals surface area contributed by atoms with Crippen molar-refractivity contribution in [2.24, 2.45) is 14.1 Å². The molecular weight excluding hydrogens is 282 g/mol. The Morgan fingerprint density at radius 1 is 1.14 bits per heavy atom. The first kappa shape index (κ1) is 14.9. The van der Waals surface area contributed by atoms with E-state index in [1.54, 1.807) is 7.05 Å². The van der Waals surface area contributed by atoms with Crippen LogP contribution in [0.15, 0.2) is 9.59 Å². The summed E-state index contributed by atoms with van der Waals surface area (Å²) in [6, 6.07) is 2.56. The second-order valence-electron chi connectivity index (χ2n) is 6.18. The van der Waals surface area contributed by atoms with Gasteiger partial charge in [0.05, 0.1) is 0 Å². The molecule has 118 valence electrons. The topological polar surface area (TPSA) is 83.1 Å². The van der Waals surface area contributed by atoms with Crippen molar-refractivity contribution < 1.29 is 0 Å². The summed E-state index contributed by atoms with van der Waals surface area (Å²) in [4.78, 5) is 26.7. The van der Waals surface area contributed by atoms with Gasteiger partial charge in [0, 0.05) is 32.7 Å². The highest BCUT2D eigenvalue weighted by Crippen LogP contribution is 2.29. The SMILES string of the molecule is Cn1c(NC2CCN3CCCCC23)c(C#N)c(=O)n(C)c1=O. The predicted molar refractivity (Wildman–Crippen MR) is 82.9 cm³/mol. The molecule has 1 aromatic heterocycles. The number of anilines is 1. The number of nitriles is 1. The van der Waals surface area contributed by atoms with Crippen molar-refractivity contribution in [1.82, 2.24) is 14.0 Å². The third kappa shape index (κ3) is 2.24. The van der Waals surface area contributed by atoms with Crippen LogP contribution >= 0.6 is 0 Å². The Kier molecular flexibility index (Phi) is 3.79. The third-order valence-corrected chi connectivity index (χ3v) is 4.95. The first-order valence-corrected chi connectivity index (χ1v) is 7.75. The molecule has 3 heterocycles. The van der Waals surface area contributed by atoms with Crippen LogP contribution in [-0.2, 0) is 14.1 Å². The number of hydrogen-bond donors (Lipinski definition) is 1. The van der Waals surface area contributed by atoms with Gasteiger partial charge in [-0.1, -0.05) is 6.42 Å². The van der Waals surface area contributed by atoms with Crippen molar-refractivity contribution >= 4 is 5.82 Å². The van der Waals surface area contributed by atoms with Crippen LogP contribution < -0.4 is 16.6 Å². The molecule has 1 aromatic rings. The molecule has 0 saturated carbocycles. The zero-order valence-electron chi connectivity index (χ0n) is 13.0. The van der Waals surface area contributed by atoms with Crippen LogP contribution in [0.4, 0.5) is 5.82 Å². The summed E-state index contributed by atoms with van der Waals surface area (Å²) in [6.07, 6.45) is 4.54. The van der Waals surface area contributed by atoms with Crippen molar-refractivity contribution in [3.63, 3.8) is 0 Å². The molecule has 0 spiro atoms. The summed E-state index contributed by atoms with van der Waals surface area (Å²) in [5, 5.41) is 12.6. The number of nitrogens with zero attached hydrogens (tertiary/aromatic N) is 4. The first-order valence-electron chi connectivity index (χ1n) is 7.75. The molecule has 1 N–H and O–H groups in total. The highest BCUT2D eigenvalue weighted by molar-refractivity contribution is 5.52. The average Bonchev–Trinajstić information content (AvgIpc) is 2.94. The Hall–Kier alpha value is -2.07. The molecule has 2 aliphatic rings. The largest absolute Gasteiger partial charge is 0.366 e. The molecule has 7 heteroatoms. The Morgan fingerprint density at radius 2 is 1.91 bits per heavy atom. The molecular formula is C15H21N5O2. The van der Waals surface area contributed by atoms with Crippen LogP contribution in [0.1, 0.15) is 31.2 Å². The monoisotopic (exact) mass is 303 g/mol. The van der Waals surface area contributed by atoms with E-state index >= 15 is 0 Å². The van der Waals surface area contributed by atoms with E-state index in [-0.39, 0.29) is 11.6 Å². The quantitative estimate of drug-likeness (QED) is 0.831. The molecule has 2 fully saturated rings. The maximum absolute atomic E-state index is 12.1. The van der Waals surface area contributed by atoms with Gasteiger partial charge in [-0.15, -0.1) is 0 Å². The fourth-order valence-corrected chi connectivity index (χ4v) is 3.71. The summed E-state index contributed by atoms with van der Waals surface area (Å²) < 4.78 is 2.34. The molecule has 0 amide bonds. The maximum Gasteiger partial charge on any atom is 0.332 e. The van der Waals surface area contributed by atoms with Gasteiger partial charge in [0.15, 0.2) is 5.56 Å². The fourth-order valence-electron chi connectivity index (χ4n) is 3.71. The Morgan fingerprint density at radius 3 is 2.64 bits per heavy atom. The third-order valence-electron chi connectivity index (χ3n) is 4.95. The number of nitrogens with one attached hydrogen (secondary N) is 1. The standard InChI is InChI=1S/C15H21N5O2/c1-18-13(10(9-16)14(21)19(2)15(18)22)17-11-6-8-20-7-4-3-5-12(11)20/h11-12,17H,3-8H2,1-2H3.